The number of anilines is 1. The van der Waals surface area contributed by atoms with Crippen molar-refractivity contribution in [3.63, 3.8) is 0 Å². The van der Waals surface area contributed by atoms with Crippen molar-refractivity contribution in [2.24, 2.45) is 5.92 Å². The van der Waals surface area contributed by atoms with Gasteiger partial charge < -0.3 is 10.1 Å². The predicted octanol–water partition coefficient (Wildman–Crippen LogP) is 3.33. The Labute approximate surface area is 115 Å². The van der Waals surface area contributed by atoms with Crippen LogP contribution in [0.25, 0.3) is 0 Å². The molecule has 0 radical (unpaired) electrons. The highest BCUT2D eigenvalue weighted by Gasteiger charge is 2.19. The average Bonchev–Trinajstić information content (AvgIpc) is 2.47. The van der Waals surface area contributed by atoms with E-state index in [1.54, 1.807) is 0 Å². The first-order valence-corrected chi connectivity index (χ1v) is 6.95. The zero-order chi connectivity index (χ0) is 13.7. The summed E-state index contributed by atoms with van der Waals surface area (Å²) >= 11 is 0. The predicted molar refractivity (Wildman–Crippen MR) is 77.1 cm³/mol. The van der Waals surface area contributed by atoms with Crippen LogP contribution >= 0.6 is 0 Å². The minimum atomic E-state index is -0.421. The van der Waals surface area contributed by atoms with Crippen molar-refractivity contribution in [1.82, 2.24) is 0 Å². The summed E-state index contributed by atoms with van der Waals surface area (Å²) in [5.74, 6) is 0.615. The van der Waals surface area contributed by atoms with Crippen LogP contribution in [0.15, 0.2) is 24.3 Å². The fourth-order valence-corrected chi connectivity index (χ4v) is 2.30. The maximum absolute atomic E-state index is 9.11. The van der Waals surface area contributed by atoms with Gasteiger partial charge in [-0.3, -0.25) is 0 Å². The molecule has 1 N–H and O–H groups in total. The third-order valence-electron chi connectivity index (χ3n) is 3.74. The van der Waals surface area contributed by atoms with Crippen molar-refractivity contribution < 1.29 is 4.74 Å². The Balaban J connectivity index is 1.90. The van der Waals surface area contributed by atoms with Gasteiger partial charge in [-0.05, 0) is 50.3 Å². The largest absolute Gasteiger partial charge is 0.385 e. The quantitative estimate of drug-likeness (QED) is 0.901. The third-order valence-corrected chi connectivity index (χ3v) is 3.74. The summed E-state index contributed by atoms with van der Waals surface area (Å²) in [4.78, 5) is 0. The monoisotopic (exact) mass is 258 g/mol. The lowest BCUT2D eigenvalue weighted by Gasteiger charge is -2.23. The van der Waals surface area contributed by atoms with Gasteiger partial charge in [0, 0.05) is 18.8 Å². The van der Waals surface area contributed by atoms with E-state index in [-0.39, 0.29) is 0 Å². The summed E-state index contributed by atoms with van der Waals surface area (Å²) in [6.45, 7) is 6.62. The van der Waals surface area contributed by atoms with E-state index < -0.39 is 5.41 Å². The lowest BCUT2D eigenvalue weighted by atomic mass is 9.86. The Hall–Kier alpha value is -1.53. The molecule has 1 atom stereocenters. The zero-order valence-electron chi connectivity index (χ0n) is 11.8. The molecule has 0 bridgehead atoms. The second kappa shape index (κ2) is 6.08. The van der Waals surface area contributed by atoms with Crippen LogP contribution in [0.5, 0.6) is 0 Å². The van der Waals surface area contributed by atoms with Crippen molar-refractivity contribution in [3.8, 4) is 6.07 Å². The minimum absolute atomic E-state index is 0.421. The molecule has 0 spiro atoms. The van der Waals surface area contributed by atoms with Crippen LogP contribution in [-0.2, 0) is 10.2 Å². The molecule has 2 rings (SSSR count). The Morgan fingerprint density at radius 1 is 1.37 bits per heavy atom. The molecule has 102 valence electrons. The van der Waals surface area contributed by atoms with E-state index in [0.29, 0.717) is 5.92 Å². The fraction of sp³-hybridized carbons (Fsp3) is 0.562. The molecule has 1 saturated heterocycles. The van der Waals surface area contributed by atoms with Crippen LogP contribution in [0.1, 0.15) is 32.3 Å². The van der Waals surface area contributed by atoms with E-state index in [9.17, 15) is 0 Å². The van der Waals surface area contributed by atoms with Crippen LogP contribution < -0.4 is 5.32 Å². The normalized spacial score (nSPS) is 19.7. The first-order chi connectivity index (χ1) is 9.12. The SMILES string of the molecule is CC(C)(C#N)c1ccc(NCC2CCCOC2)cc1. The van der Waals surface area contributed by atoms with Gasteiger partial charge in [-0.25, -0.2) is 0 Å². The smallest absolute Gasteiger partial charge is 0.0766 e. The summed E-state index contributed by atoms with van der Waals surface area (Å²) < 4.78 is 5.47. The van der Waals surface area contributed by atoms with Crippen LogP contribution in [0.2, 0.25) is 0 Å². The van der Waals surface area contributed by atoms with Crippen LogP contribution in [-0.4, -0.2) is 19.8 Å². The van der Waals surface area contributed by atoms with Crippen molar-refractivity contribution >= 4 is 5.69 Å². The maximum atomic E-state index is 9.11. The van der Waals surface area contributed by atoms with Crippen LogP contribution in [0.4, 0.5) is 5.69 Å². The number of benzene rings is 1. The van der Waals surface area contributed by atoms with Gasteiger partial charge in [0.2, 0.25) is 0 Å². The number of ether oxygens (including phenoxy) is 1. The lowest BCUT2D eigenvalue weighted by molar-refractivity contribution is 0.0595. The highest BCUT2D eigenvalue weighted by atomic mass is 16.5. The topological polar surface area (TPSA) is 45.0 Å². The number of nitrogens with one attached hydrogen (secondary N) is 1. The summed E-state index contributed by atoms with van der Waals surface area (Å²) in [6.07, 6.45) is 2.41. The molecule has 1 aromatic carbocycles. The fourth-order valence-electron chi connectivity index (χ4n) is 2.30. The molecule has 1 heterocycles. The molecule has 1 aliphatic rings. The molecule has 0 aliphatic carbocycles. The van der Waals surface area contributed by atoms with Crippen LogP contribution in [0, 0.1) is 17.2 Å². The summed E-state index contributed by atoms with van der Waals surface area (Å²) in [6, 6.07) is 10.5. The van der Waals surface area contributed by atoms with Gasteiger partial charge in [0.15, 0.2) is 0 Å². The Morgan fingerprint density at radius 2 is 2.11 bits per heavy atom. The van der Waals surface area contributed by atoms with E-state index in [1.807, 2.05) is 26.0 Å². The van der Waals surface area contributed by atoms with Gasteiger partial charge in [0.05, 0.1) is 18.1 Å². The van der Waals surface area contributed by atoms with E-state index in [2.05, 4.69) is 23.5 Å². The third kappa shape index (κ3) is 3.71. The Bertz CT molecular complexity index is 439. The van der Waals surface area contributed by atoms with Crippen molar-refractivity contribution in [2.75, 3.05) is 25.1 Å². The Kier molecular flexibility index (Phi) is 4.44. The number of nitrogens with zero attached hydrogens (tertiary/aromatic N) is 1. The molecule has 0 saturated carbocycles. The molecular formula is C16H22N2O. The van der Waals surface area contributed by atoms with E-state index >= 15 is 0 Å². The van der Waals surface area contributed by atoms with Crippen LogP contribution in [0.3, 0.4) is 0 Å². The van der Waals surface area contributed by atoms with Crippen molar-refractivity contribution in [1.29, 1.82) is 5.26 Å². The number of hydrogen-bond donors (Lipinski definition) is 1. The summed E-state index contributed by atoms with van der Waals surface area (Å²) in [5.41, 5.74) is 1.75. The van der Waals surface area contributed by atoms with E-state index in [1.165, 1.54) is 12.8 Å². The van der Waals surface area contributed by atoms with Gasteiger partial charge >= 0.3 is 0 Å². The summed E-state index contributed by atoms with van der Waals surface area (Å²) in [5, 5.41) is 12.6. The number of rotatable bonds is 4. The Morgan fingerprint density at radius 3 is 2.68 bits per heavy atom. The van der Waals surface area contributed by atoms with Gasteiger partial charge in [0.25, 0.3) is 0 Å². The van der Waals surface area contributed by atoms with Gasteiger partial charge in [0.1, 0.15) is 0 Å². The number of hydrogen-bond acceptors (Lipinski definition) is 3. The molecule has 19 heavy (non-hydrogen) atoms. The first kappa shape index (κ1) is 13.9. The highest BCUT2D eigenvalue weighted by molar-refractivity contribution is 5.47. The van der Waals surface area contributed by atoms with Gasteiger partial charge in [-0.15, -0.1) is 0 Å². The zero-order valence-corrected chi connectivity index (χ0v) is 11.8. The molecule has 0 aromatic heterocycles. The number of nitriles is 1. The second-order valence-electron chi connectivity index (χ2n) is 5.78. The van der Waals surface area contributed by atoms with E-state index in [4.69, 9.17) is 10.00 Å². The molecule has 1 aromatic rings. The first-order valence-electron chi connectivity index (χ1n) is 6.95. The maximum Gasteiger partial charge on any atom is 0.0766 e. The molecular weight excluding hydrogens is 236 g/mol. The standard InChI is InChI=1S/C16H22N2O/c1-16(2,12-17)14-5-7-15(8-6-14)18-10-13-4-3-9-19-11-13/h5-8,13,18H,3-4,9-11H2,1-2H3. The van der Waals surface area contributed by atoms with Gasteiger partial charge in [-0.1, -0.05) is 12.1 Å². The second-order valence-corrected chi connectivity index (χ2v) is 5.78. The van der Waals surface area contributed by atoms with Crippen molar-refractivity contribution in [2.45, 2.75) is 32.1 Å². The molecule has 1 aliphatic heterocycles. The minimum Gasteiger partial charge on any atom is -0.385 e. The molecule has 1 unspecified atom stereocenters. The lowest BCUT2D eigenvalue weighted by Crippen LogP contribution is -2.24. The van der Waals surface area contributed by atoms with Gasteiger partial charge in [-0.2, -0.15) is 5.26 Å². The van der Waals surface area contributed by atoms with E-state index in [0.717, 1.165) is 31.0 Å². The molecule has 3 heteroatoms. The molecule has 0 amide bonds. The average molecular weight is 258 g/mol. The highest BCUT2D eigenvalue weighted by Crippen LogP contribution is 2.24. The summed E-state index contributed by atoms with van der Waals surface area (Å²) in [7, 11) is 0. The molecule has 3 nitrogen and oxygen atoms in total. The molecule has 1 fully saturated rings. The van der Waals surface area contributed by atoms with Crippen molar-refractivity contribution in [3.05, 3.63) is 29.8 Å².